The van der Waals surface area contributed by atoms with Crippen molar-refractivity contribution in [2.45, 2.75) is 6.92 Å². The van der Waals surface area contributed by atoms with Gasteiger partial charge in [0.05, 0.1) is 10.5 Å². The van der Waals surface area contributed by atoms with Crippen molar-refractivity contribution < 1.29 is 9.72 Å². The van der Waals surface area contributed by atoms with Crippen LogP contribution in [0.3, 0.4) is 0 Å². The summed E-state index contributed by atoms with van der Waals surface area (Å²) in [5.74, 6) is -0.394. The molecule has 0 aliphatic rings. The van der Waals surface area contributed by atoms with Crippen LogP contribution >= 0.6 is 0 Å². The number of rotatable bonds is 5. The maximum atomic E-state index is 12.2. The van der Waals surface area contributed by atoms with E-state index in [1.165, 1.54) is 24.3 Å². The molecule has 5 nitrogen and oxygen atoms in total. The van der Waals surface area contributed by atoms with Crippen LogP contribution in [0.25, 0.3) is 0 Å². The third-order valence-electron chi connectivity index (χ3n) is 2.44. The van der Waals surface area contributed by atoms with Crippen LogP contribution in [0.5, 0.6) is 0 Å². The van der Waals surface area contributed by atoms with Crippen LogP contribution in [0.15, 0.2) is 54.7 Å². The highest BCUT2D eigenvalue weighted by Gasteiger charge is 2.16. The van der Waals surface area contributed by atoms with Gasteiger partial charge in [-0.25, -0.2) is 0 Å². The van der Waals surface area contributed by atoms with Crippen LogP contribution in [-0.2, 0) is 0 Å². The van der Waals surface area contributed by atoms with E-state index in [4.69, 9.17) is 5.73 Å². The fourth-order valence-corrected chi connectivity index (χ4v) is 1.45. The molecular formula is C14H14N2O3. The molecule has 0 bridgehead atoms. The van der Waals surface area contributed by atoms with Gasteiger partial charge >= 0.3 is 0 Å². The summed E-state index contributed by atoms with van der Waals surface area (Å²) in [5.41, 5.74) is 6.14. The fraction of sp³-hybridized carbons (Fsp3) is 0.0714. The predicted molar refractivity (Wildman–Crippen MR) is 74.9 cm³/mol. The zero-order valence-corrected chi connectivity index (χ0v) is 10.5. The number of nitro groups is 1. The third kappa shape index (κ3) is 3.38. The van der Waals surface area contributed by atoms with E-state index in [-0.39, 0.29) is 16.9 Å². The smallest absolute Gasteiger partial charge is 0.270 e. The van der Waals surface area contributed by atoms with E-state index in [9.17, 15) is 14.9 Å². The number of allylic oxidation sites excluding steroid dienone is 5. The molecule has 0 saturated carbocycles. The van der Waals surface area contributed by atoms with Gasteiger partial charge in [-0.05, 0) is 13.0 Å². The van der Waals surface area contributed by atoms with Crippen molar-refractivity contribution in [3.8, 4) is 0 Å². The normalized spacial score (nSPS) is 11.5. The molecule has 0 saturated heterocycles. The topological polar surface area (TPSA) is 86.2 Å². The average molecular weight is 258 g/mol. The van der Waals surface area contributed by atoms with Crippen molar-refractivity contribution in [3.63, 3.8) is 0 Å². The summed E-state index contributed by atoms with van der Waals surface area (Å²) >= 11 is 0. The molecule has 0 aliphatic carbocycles. The first-order valence-electron chi connectivity index (χ1n) is 5.55. The Morgan fingerprint density at radius 1 is 1.47 bits per heavy atom. The summed E-state index contributed by atoms with van der Waals surface area (Å²) < 4.78 is 0. The van der Waals surface area contributed by atoms with Crippen molar-refractivity contribution in [1.29, 1.82) is 0 Å². The Hall–Kier alpha value is -2.69. The Morgan fingerprint density at radius 3 is 2.68 bits per heavy atom. The minimum Gasteiger partial charge on any atom is -0.398 e. The molecule has 0 heterocycles. The van der Waals surface area contributed by atoms with Crippen molar-refractivity contribution in [3.05, 3.63) is 70.3 Å². The summed E-state index contributed by atoms with van der Waals surface area (Å²) in [7, 11) is 0. The quantitative estimate of drug-likeness (QED) is 0.219. The van der Waals surface area contributed by atoms with E-state index < -0.39 is 10.7 Å². The molecule has 0 unspecified atom stereocenters. The number of benzene rings is 1. The van der Waals surface area contributed by atoms with Gasteiger partial charge in [0.1, 0.15) is 0 Å². The molecule has 0 atom stereocenters. The van der Waals surface area contributed by atoms with Gasteiger partial charge in [0.25, 0.3) is 5.69 Å². The van der Waals surface area contributed by atoms with Crippen molar-refractivity contribution in [2.24, 2.45) is 0 Å². The molecule has 0 amide bonds. The first-order valence-corrected chi connectivity index (χ1v) is 5.55. The number of ketones is 1. The monoisotopic (exact) mass is 258 g/mol. The van der Waals surface area contributed by atoms with Crippen LogP contribution < -0.4 is 5.73 Å². The Balaban J connectivity index is 3.28. The van der Waals surface area contributed by atoms with Gasteiger partial charge < -0.3 is 5.73 Å². The van der Waals surface area contributed by atoms with Crippen LogP contribution in [0.2, 0.25) is 0 Å². The zero-order valence-electron chi connectivity index (χ0n) is 10.5. The first kappa shape index (κ1) is 14.4. The van der Waals surface area contributed by atoms with Crippen LogP contribution in [0.1, 0.15) is 17.3 Å². The van der Waals surface area contributed by atoms with E-state index in [0.717, 1.165) is 0 Å². The lowest BCUT2D eigenvalue weighted by Gasteiger charge is -2.05. The van der Waals surface area contributed by atoms with Crippen molar-refractivity contribution >= 4 is 17.2 Å². The lowest BCUT2D eigenvalue weighted by atomic mass is 10.0. The molecule has 19 heavy (non-hydrogen) atoms. The van der Waals surface area contributed by atoms with Crippen LogP contribution in [0, 0.1) is 10.1 Å². The maximum absolute atomic E-state index is 12.2. The van der Waals surface area contributed by atoms with Gasteiger partial charge in [-0.1, -0.05) is 30.9 Å². The summed E-state index contributed by atoms with van der Waals surface area (Å²) in [6.07, 6.45) is 6.41. The first-order chi connectivity index (χ1) is 9.01. The van der Waals surface area contributed by atoms with E-state index in [0.29, 0.717) is 5.57 Å². The highest BCUT2D eigenvalue weighted by Crippen LogP contribution is 2.22. The molecule has 5 heteroatoms. The number of nitrogen functional groups attached to an aromatic ring is 1. The number of nitrogens with zero attached hydrogens (tertiary/aromatic N) is 1. The van der Waals surface area contributed by atoms with Gasteiger partial charge in [-0.15, -0.1) is 0 Å². The second-order valence-corrected chi connectivity index (χ2v) is 3.71. The van der Waals surface area contributed by atoms with Gasteiger partial charge in [0, 0.05) is 23.4 Å². The summed E-state index contributed by atoms with van der Waals surface area (Å²) in [6, 6.07) is 3.78. The minimum atomic E-state index is -0.570. The molecule has 0 spiro atoms. The Bertz CT molecular complexity index is 586. The number of hydrogen-bond donors (Lipinski definition) is 1. The second kappa shape index (κ2) is 6.30. The SMILES string of the molecule is C=C/C(=C\C=C/C)C(=O)c1cc([N+](=O)[O-])ccc1N. The molecule has 0 aromatic heterocycles. The zero-order chi connectivity index (χ0) is 14.4. The Morgan fingerprint density at radius 2 is 2.16 bits per heavy atom. The average Bonchev–Trinajstić information content (AvgIpc) is 2.39. The van der Waals surface area contributed by atoms with E-state index in [1.54, 1.807) is 18.2 Å². The highest BCUT2D eigenvalue weighted by molar-refractivity contribution is 6.13. The molecule has 0 radical (unpaired) electrons. The van der Waals surface area contributed by atoms with E-state index >= 15 is 0 Å². The maximum Gasteiger partial charge on any atom is 0.270 e. The highest BCUT2D eigenvalue weighted by atomic mass is 16.6. The molecule has 98 valence electrons. The predicted octanol–water partition coefficient (Wildman–Crippen LogP) is 3.05. The largest absolute Gasteiger partial charge is 0.398 e. The molecule has 1 aromatic rings. The molecule has 1 rings (SSSR count). The Kier molecular flexibility index (Phi) is 4.76. The van der Waals surface area contributed by atoms with Crippen molar-refractivity contribution in [2.75, 3.05) is 5.73 Å². The van der Waals surface area contributed by atoms with Crippen LogP contribution in [0.4, 0.5) is 11.4 Å². The number of nitrogens with two attached hydrogens (primary N) is 1. The van der Waals surface area contributed by atoms with Gasteiger partial charge in [0.15, 0.2) is 5.78 Å². The molecule has 0 aliphatic heterocycles. The Labute approximate surface area is 110 Å². The van der Waals surface area contributed by atoms with Gasteiger partial charge in [-0.2, -0.15) is 0 Å². The molecule has 1 aromatic carbocycles. The number of anilines is 1. The van der Waals surface area contributed by atoms with E-state index in [2.05, 4.69) is 6.58 Å². The fourth-order valence-electron chi connectivity index (χ4n) is 1.45. The number of nitro benzene ring substituents is 1. The van der Waals surface area contributed by atoms with E-state index in [1.807, 2.05) is 6.92 Å². The van der Waals surface area contributed by atoms with Crippen LogP contribution in [-0.4, -0.2) is 10.7 Å². The van der Waals surface area contributed by atoms with Gasteiger partial charge in [0.2, 0.25) is 0 Å². The summed E-state index contributed by atoms with van der Waals surface area (Å²) in [6.45, 7) is 5.36. The number of hydrogen-bond acceptors (Lipinski definition) is 4. The molecule has 2 N–H and O–H groups in total. The summed E-state index contributed by atoms with van der Waals surface area (Å²) in [4.78, 5) is 22.3. The lowest BCUT2D eigenvalue weighted by Crippen LogP contribution is -2.06. The number of non-ortho nitro benzene ring substituents is 1. The second-order valence-electron chi connectivity index (χ2n) is 3.71. The lowest BCUT2D eigenvalue weighted by molar-refractivity contribution is -0.384. The summed E-state index contributed by atoms with van der Waals surface area (Å²) in [5, 5.41) is 10.7. The molecule has 0 fully saturated rings. The standard InChI is InChI=1S/C14H14N2O3/c1-3-5-6-10(4-2)14(17)12-9-11(16(18)19)7-8-13(12)15/h3-9H,2,15H2,1H3/b5-3-,10-6+. The molecular weight excluding hydrogens is 244 g/mol. The van der Waals surface area contributed by atoms with Gasteiger partial charge in [-0.3, -0.25) is 14.9 Å². The van der Waals surface area contributed by atoms with Crippen molar-refractivity contribution in [1.82, 2.24) is 0 Å². The number of Topliss-reactive ketones (excluding diaryl/α,β-unsaturated/α-hetero) is 1. The number of carbonyl (C=O) groups is 1. The number of carbonyl (C=O) groups excluding carboxylic acids is 1. The minimum absolute atomic E-state index is 0.102. The third-order valence-corrected chi connectivity index (χ3v) is 2.44.